The fourth-order valence-electron chi connectivity index (χ4n) is 2.90. The molecule has 9 heteroatoms. The first-order chi connectivity index (χ1) is 10.2. The van der Waals surface area contributed by atoms with Crippen molar-refractivity contribution < 1.29 is 14.5 Å². The molecule has 1 aliphatic carbocycles. The highest BCUT2D eigenvalue weighted by Gasteiger charge is 2.39. The average Bonchev–Trinajstić information content (AvgIpc) is 2.42. The van der Waals surface area contributed by atoms with Gasteiger partial charge in [0.1, 0.15) is 6.10 Å². The Balaban J connectivity index is 2.35. The molecule has 0 N–H and O–H groups in total. The van der Waals surface area contributed by atoms with Gasteiger partial charge in [-0.1, -0.05) is 12.8 Å². The van der Waals surface area contributed by atoms with Crippen LogP contribution in [0.25, 0.3) is 0 Å². The summed E-state index contributed by atoms with van der Waals surface area (Å²) in [4.78, 5) is 22.7. The minimum absolute atomic E-state index is 0.193. The highest BCUT2D eigenvalue weighted by molar-refractivity contribution is 7.64. The quantitative estimate of drug-likeness (QED) is 0.152. The van der Waals surface area contributed by atoms with Gasteiger partial charge in [-0.05, 0) is 32.2 Å². The van der Waals surface area contributed by atoms with Crippen LogP contribution in [0.15, 0.2) is 0 Å². The number of hydrogen-bond acceptors (Lipinski definition) is 4. The molecule has 0 radical (unpaired) electrons. The monoisotopic (exact) mass is 389 g/mol. The van der Waals surface area contributed by atoms with Gasteiger partial charge in [0.25, 0.3) is 0 Å². The summed E-state index contributed by atoms with van der Waals surface area (Å²) in [5, 5.41) is 11.1. The largest absolute Gasteiger partial charge is 0.462 e. The summed E-state index contributed by atoms with van der Waals surface area (Å²) >= 11 is 17.3. The fraction of sp³-hybridized carbons (Fsp3) is 0.923. The van der Waals surface area contributed by atoms with E-state index in [9.17, 15) is 14.9 Å². The van der Waals surface area contributed by atoms with Crippen LogP contribution >= 0.6 is 33.2 Å². The third kappa shape index (κ3) is 7.48. The lowest BCUT2D eigenvalue weighted by Gasteiger charge is -2.29. The van der Waals surface area contributed by atoms with Crippen molar-refractivity contribution in [1.82, 2.24) is 0 Å². The first-order valence-electron chi connectivity index (χ1n) is 7.60. The van der Waals surface area contributed by atoms with Crippen LogP contribution in [0.3, 0.4) is 0 Å². The SMILES string of the molecule is CC(OC(=O)CCCC[Si](Cl)(Cl)Cl)C1CCCCC1[N+](=O)[O-]. The zero-order chi connectivity index (χ0) is 16.8. The summed E-state index contributed by atoms with van der Waals surface area (Å²) in [5.41, 5.74) is 0. The van der Waals surface area contributed by atoms with E-state index in [2.05, 4.69) is 0 Å². The summed E-state index contributed by atoms with van der Waals surface area (Å²) < 4.78 is 5.37. The van der Waals surface area contributed by atoms with E-state index in [4.69, 9.17) is 38.0 Å². The van der Waals surface area contributed by atoms with Crippen LogP contribution in [0.1, 0.15) is 51.9 Å². The lowest BCUT2D eigenvalue weighted by molar-refractivity contribution is -0.538. The van der Waals surface area contributed by atoms with Gasteiger partial charge in [0, 0.05) is 17.8 Å². The van der Waals surface area contributed by atoms with Crippen molar-refractivity contribution in [1.29, 1.82) is 0 Å². The Kier molecular flexibility index (Phi) is 8.46. The van der Waals surface area contributed by atoms with Crippen LogP contribution in [0, 0.1) is 16.0 Å². The number of unbranched alkanes of at least 4 members (excludes halogenated alkanes) is 1. The number of rotatable bonds is 8. The Morgan fingerprint density at radius 2 is 1.95 bits per heavy atom. The molecule has 128 valence electrons. The summed E-state index contributed by atoms with van der Waals surface area (Å²) in [7, 11) is 0. The molecule has 0 saturated heterocycles. The first-order valence-corrected chi connectivity index (χ1v) is 12.8. The van der Waals surface area contributed by atoms with E-state index in [-0.39, 0.29) is 23.2 Å². The predicted octanol–water partition coefficient (Wildman–Crippen LogP) is 4.58. The lowest BCUT2D eigenvalue weighted by atomic mass is 9.81. The summed E-state index contributed by atoms with van der Waals surface area (Å²) in [5.74, 6) is -0.521. The number of carbonyl (C=O) groups excluding carboxylic acids is 1. The Hall–Kier alpha value is -0.0431. The third-order valence-corrected chi connectivity index (χ3v) is 6.69. The van der Waals surface area contributed by atoms with Crippen LogP contribution < -0.4 is 0 Å². The molecule has 0 heterocycles. The molecule has 1 aliphatic rings. The van der Waals surface area contributed by atoms with E-state index in [1.807, 2.05) is 0 Å². The Morgan fingerprint density at radius 1 is 1.32 bits per heavy atom. The normalized spacial score (nSPS) is 23.8. The van der Waals surface area contributed by atoms with E-state index in [0.717, 1.165) is 19.3 Å². The van der Waals surface area contributed by atoms with Crippen molar-refractivity contribution in [3.8, 4) is 0 Å². The van der Waals surface area contributed by atoms with Crippen molar-refractivity contribution in [2.45, 2.75) is 70.1 Å². The molecule has 0 aromatic heterocycles. The molecule has 0 bridgehead atoms. The van der Waals surface area contributed by atoms with Gasteiger partial charge in [-0.15, -0.1) is 33.2 Å². The van der Waals surface area contributed by atoms with Crippen molar-refractivity contribution in [2.75, 3.05) is 0 Å². The molecule has 3 atom stereocenters. The van der Waals surface area contributed by atoms with E-state index in [1.54, 1.807) is 6.92 Å². The van der Waals surface area contributed by atoms with Gasteiger partial charge < -0.3 is 4.74 Å². The standard InChI is InChI=1S/C13H22Cl3NO4Si/c1-10(11-6-2-3-7-12(11)17(19)20)21-13(18)8-4-5-9-22(14,15)16/h10-12H,2-9H2,1H3. The second kappa shape index (κ2) is 9.30. The number of nitrogens with zero attached hydrogens (tertiary/aromatic N) is 1. The third-order valence-electron chi connectivity index (χ3n) is 4.06. The highest BCUT2D eigenvalue weighted by atomic mass is 35.8. The molecule has 0 spiro atoms. The minimum Gasteiger partial charge on any atom is -0.462 e. The molecule has 5 nitrogen and oxygen atoms in total. The van der Waals surface area contributed by atoms with Crippen LogP contribution in [0.5, 0.6) is 0 Å². The maximum Gasteiger partial charge on any atom is 0.341 e. The van der Waals surface area contributed by atoms with Crippen molar-refractivity contribution in [3.05, 3.63) is 10.1 Å². The zero-order valence-corrected chi connectivity index (χ0v) is 15.9. The molecule has 3 unspecified atom stereocenters. The smallest absolute Gasteiger partial charge is 0.341 e. The molecule has 0 aliphatic heterocycles. The van der Waals surface area contributed by atoms with Crippen molar-refractivity contribution in [2.24, 2.45) is 5.92 Å². The number of carbonyl (C=O) groups is 1. The van der Waals surface area contributed by atoms with Gasteiger partial charge in [-0.3, -0.25) is 14.9 Å². The zero-order valence-electron chi connectivity index (χ0n) is 12.6. The number of ether oxygens (including phenoxy) is 1. The molecule has 0 amide bonds. The Bertz CT molecular complexity index is 392. The van der Waals surface area contributed by atoms with E-state index >= 15 is 0 Å². The van der Waals surface area contributed by atoms with E-state index in [0.29, 0.717) is 25.3 Å². The number of esters is 1. The summed E-state index contributed by atoms with van der Waals surface area (Å²) in [6, 6.07) is -2.70. The number of nitro groups is 1. The molecule has 1 saturated carbocycles. The summed E-state index contributed by atoms with van der Waals surface area (Å²) in [6.45, 7) is 1.75. The minimum atomic E-state index is -2.62. The maximum atomic E-state index is 11.8. The highest BCUT2D eigenvalue weighted by Crippen LogP contribution is 2.31. The van der Waals surface area contributed by atoms with Crippen LogP contribution in [-0.2, 0) is 9.53 Å². The van der Waals surface area contributed by atoms with Gasteiger partial charge in [-0.2, -0.15) is 0 Å². The van der Waals surface area contributed by atoms with Crippen LogP contribution in [-0.4, -0.2) is 29.0 Å². The molecule has 1 fully saturated rings. The summed E-state index contributed by atoms with van der Waals surface area (Å²) in [6.07, 6.45) is 4.23. The molecular formula is C13H22Cl3NO4Si. The van der Waals surface area contributed by atoms with Gasteiger partial charge in [0.05, 0.1) is 5.92 Å². The second-order valence-corrected chi connectivity index (χ2v) is 15.1. The van der Waals surface area contributed by atoms with E-state index < -0.39 is 18.1 Å². The van der Waals surface area contributed by atoms with Gasteiger partial charge in [0.2, 0.25) is 6.04 Å². The Morgan fingerprint density at radius 3 is 2.55 bits per heavy atom. The van der Waals surface area contributed by atoms with Gasteiger partial charge in [0.15, 0.2) is 0 Å². The first kappa shape index (κ1) is 20.0. The molecule has 1 rings (SSSR count). The van der Waals surface area contributed by atoms with Crippen molar-refractivity contribution in [3.63, 3.8) is 0 Å². The number of hydrogen-bond donors (Lipinski definition) is 0. The van der Waals surface area contributed by atoms with Gasteiger partial charge in [-0.25, -0.2) is 0 Å². The lowest BCUT2D eigenvalue weighted by Crippen LogP contribution is -2.40. The predicted molar refractivity (Wildman–Crippen MR) is 90.3 cm³/mol. The topological polar surface area (TPSA) is 69.4 Å². The Labute approximate surface area is 145 Å². The van der Waals surface area contributed by atoms with Crippen molar-refractivity contribution >= 4 is 45.2 Å². The average molecular weight is 391 g/mol. The molecule has 0 aromatic rings. The van der Waals surface area contributed by atoms with Gasteiger partial charge >= 0.3 is 12.0 Å². The van der Waals surface area contributed by atoms with E-state index in [1.165, 1.54) is 0 Å². The molecule has 0 aromatic carbocycles. The van der Waals surface area contributed by atoms with Crippen LogP contribution in [0.2, 0.25) is 6.04 Å². The number of halogens is 3. The maximum absolute atomic E-state index is 11.8. The molecule has 22 heavy (non-hydrogen) atoms. The molecular weight excluding hydrogens is 369 g/mol. The fourth-order valence-corrected chi connectivity index (χ4v) is 4.75. The second-order valence-electron chi connectivity index (χ2n) is 5.82. The van der Waals surface area contributed by atoms with Crippen LogP contribution in [0.4, 0.5) is 0 Å².